The number of carbonyl (C=O) groups is 2. The molecular formula is C24H24O9. The van der Waals surface area contributed by atoms with Crippen molar-refractivity contribution in [3.63, 3.8) is 0 Å². The van der Waals surface area contributed by atoms with E-state index in [1.165, 1.54) is 37.4 Å². The lowest BCUT2D eigenvalue weighted by Crippen LogP contribution is -2.18. The Labute approximate surface area is 189 Å². The largest absolute Gasteiger partial charge is 0.508 e. The zero-order valence-corrected chi connectivity index (χ0v) is 18.8. The first-order valence-corrected chi connectivity index (χ1v) is 10.2. The molecule has 0 fully saturated rings. The van der Waals surface area contributed by atoms with Crippen molar-refractivity contribution in [2.45, 2.75) is 27.7 Å². The summed E-state index contributed by atoms with van der Waals surface area (Å²) in [5, 5.41) is 9.34. The molecule has 3 rings (SSSR count). The minimum Gasteiger partial charge on any atom is -0.508 e. The van der Waals surface area contributed by atoms with Crippen LogP contribution in [-0.4, -0.2) is 24.2 Å². The van der Waals surface area contributed by atoms with Gasteiger partial charge in [0.25, 0.3) is 5.95 Å². The Kier molecular flexibility index (Phi) is 6.91. The highest BCUT2D eigenvalue weighted by atomic mass is 16.6. The van der Waals surface area contributed by atoms with Crippen molar-refractivity contribution in [2.75, 3.05) is 7.11 Å². The van der Waals surface area contributed by atoms with Crippen molar-refractivity contribution in [2.24, 2.45) is 11.8 Å². The van der Waals surface area contributed by atoms with Gasteiger partial charge in [-0.3, -0.25) is 14.4 Å². The number of methoxy groups -OCH3 is 1. The molecule has 33 heavy (non-hydrogen) atoms. The van der Waals surface area contributed by atoms with Crippen molar-refractivity contribution in [3.8, 4) is 34.7 Å². The first-order chi connectivity index (χ1) is 15.6. The van der Waals surface area contributed by atoms with Crippen LogP contribution >= 0.6 is 0 Å². The summed E-state index contributed by atoms with van der Waals surface area (Å²) in [4.78, 5) is 37.6. The van der Waals surface area contributed by atoms with Gasteiger partial charge in [0.05, 0.1) is 25.0 Å². The molecular weight excluding hydrogens is 432 g/mol. The summed E-state index contributed by atoms with van der Waals surface area (Å²) in [6.45, 7) is 6.57. The lowest BCUT2D eigenvalue weighted by atomic mass is 10.1. The summed E-state index contributed by atoms with van der Waals surface area (Å²) >= 11 is 0. The first-order valence-electron chi connectivity index (χ1n) is 10.2. The van der Waals surface area contributed by atoms with Crippen LogP contribution in [0.1, 0.15) is 27.7 Å². The van der Waals surface area contributed by atoms with Gasteiger partial charge >= 0.3 is 11.9 Å². The standard InChI is InChI=1S/C24H24O9/c1-12(2)23(27)32-18-11-17-20(22(21(18)29-5)33-24(28)13(3)4)16(26)10-19(31-17)30-15-8-6-14(25)7-9-15/h6-13,25H,1-5H3. The fourth-order valence-electron chi connectivity index (χ4n) is 2.72. The summed E-state index contributed by atoms with van der Waals surface area (Å²) in [5.41, 5.74) is -0.619. The Bertz CT molecular complexity index is 1240. The number of esters is 2. The molecule has 0 aliphatic heterocycles. The minimum atomic E-state index is -0.620. The van der Waals surface area contributed by atoms with Gasteiger partial charge in [-0.2, -0.15) is 0 Å². The van der Waals surface area contributed by atoms with Gasteiger partial charge in [0, 0.05) is 6.07 Å². The van der Waals surface area contributed by atoms with E-state index in [-0.39, 0.29) is 39.9 Å². The molecule has 0 amide bonds. The number of phenolic OH excluding ortho intramolecular Hbond substituents is 1. The van der Waals surface area contributed by atoms with Gasteiger partial charge in [0.15, 0.2) is 11.5 Å². The first kappa shape index (κ1) is 23.6. The van der Waals surface area contributed by atoms with Gasteiger partial charge in [-0.05, 0) is 24.3 Å². The molecule has 0 unspecified atom stereocenters. The Morgan fingerprint density at radius 2 is 1.52 bits per heavy atom. The van der Waals surface area contributed by atoms with Gasteiger partial charge < -0.3 is 28.5 Å². The maximum Gasteiger partial charge on any atom is 0.313 e. The van der Waals surface area contributed by atoms with Crippen LogP contribution in [-0.2, 0) is 9.59 Å². The highest BCUT2D eigenvalue weighted by Crippen LogP contribution is 2.44. The molecule has 0 radical (unpaired) electrons. The molecule has 0 bridgehead atoms. The second-order valence-corrected chi connectivity index (χ2v) is 7.79. The fourth-order valence-corrected chi connectivity index (χ4v) is 2.72. The number of fused-ring (bicyclic) bond motifs is 1. The summed E-state index contributed by atoms with van der Waals surface area (Å²) in [6.07, 6.45) is 0. The van der Waals surface area contributed by atoms with Crippen molar-refractivity contribution in [3.05, 3.63) is 46.6 Å². The second kappa shape index (κ2) is 9.64. The summed E-state index contributed by atoms with van der Waals surface area (Å²) < 4.78 is 27.5. The van der Waals surface area contributed by atoms with E-state index >= 15 is 0 Å². The zero-order valence-electron chi connectivity index (χ0n) is 18.8. The number of hydrogen-bond donors (Lipinski definition) is 1. The molecule has 0 spiro atoms. The number of aromatic hydroxyl groups is 1. The molecule has 2 aromatic carbocycles. The van der Waals surface area contributed by atoms with E-state index in [4.69, 9.17) is 23.4 Å². The third-order valence-electron chi connectivity index (χ3n) is 4.49. The number of phenols is 1. The molecule has 0 saturated heterocycles. The van der Waals surface area contributed by atoms with Gasteiger partial charge in [-0.25, -0.2) is 0 Å². The molecule has 1 N–H and O–H groups in total. The fraction of sp³-hybridized carbons (Fsp3) is 0.292. The predicted molar refractivity (Wildman–Crippen MR) is 118 cm³/mol. The Morgan fingerprint density at radius 3 is 2.09 bits per heavy atom. The molecule has 9 nitrogen and oxygen atoms in total. The normalized spacial score (nSPS) is 11.0. The second-order valence-electron chi connectivity index (χ2n) is 7.79. The van der Waals surface area contributed by atoms with Crippen LogP contribution in [0.2, 0.25) is 0 Å². The van der Waals surface area contributed by atoms with E-state index in [0.29, 0.717) is 5.75 Å². The van der Waals surface area contributed by atoms with Gasteiger partial charge in [0.1, 0.15) is 22.5 Å². The molecule has 9 heteroatoms. The summed E-state index contributed by atoms with van der Waals surface area (Å²) in [7, 11) is 1.30. The van der Waals surface area contributed by atoms with E-state index in [9.17, 15) is 19.5 Å². The maximum atomic E-state index is 13.0. The Morgan fingerprint density at radius 1 is 0.909 bits per heavy atom. The third kappa shape index (κ3) is 5.25. The van der Waals surface area contributed by atoms with Gasteiger partial charge in [-0.15, -0.1) is 0 Å². The quantitative estimate of drug-likeness (QED) is 0.406. The van der Waals surface area contributed by atoms with Crippen molar-refractivity contribution < 1.29 is 38.1 Å². The SMILES string of the molecule is COc1c(OC(=O)C(C)C)cc2oc(Oc3ccc(O)cc3)cc(=O)c2c1OC(=O)C(C)C. The van der Waals surface area contributed by atoms with Crippen molar-refractivity contribution >= 4 is 22.9 Å². The summed E-state index contributed by atoms with van der Waals surface area (Å²) in [6, 6.07) is 8.17. The Balaban J connectivity index is 2.20. The third-order valence-corrected chi connectivity index (χ3v) is 4.49. The maximum absolute atomic E-state index is 13.0. The average Bonchev–Trinajstić information content (AvgIpc) is 2.74. The minimum absolute atomic E-state index is 0.0441. The lowest BCUT2D eigenvalue weighted by molar-refractivity contribution is -0.138. The molecule has 0 saturated carbocycles. The van der Waals surface area contributed by atoms with Gasteiger partial charge in [0.2, 0.25) is 11.2 Å². The van der Waals surface area contributed by atoms with Gasteiger partial charge in [-0.1, -0.05) is 27.7 Å². The number of carbonyl (C=O) groups excluding carboxylic acids is 2. The van der Waals surface area contributed by atoms with E-state index in [2.05, 4.69) is 0 Å². The lowest BCUT2D eigenvalue weighted by Gasteiger charge is -2.17. The van der Waals surface area contributed by atoms with Crippen LogP contribution in [0.4, 0.5) is 0 Å². The van der Waals surface area contributed by atoms with Crippen LogP contribution in [0.15, 0.2) is 45.6 Å². The molecule has 174 valence electrons. The smallest absolute Gasteiger partial charge is 0.313 e. The van der Waals surface area contributed by atoms with E-state index < -0.39 is 29.2 Å². The predicted octanol–water partition coefficient (Wildman–Crippen LogP) is 4.42. The van der Waals surface area contributed by atoms with E-state index in [1.54, 1.807) is 27.7 Å². The van der Waals surface area contributed by atoms with Crippen LogP contribution in [0, 0.1) is 11.8 Å². The highest BCUT2D eigenvalue weighted by molar-refractivity contribution is 5.93. The monoisotopic (exact) mass is 456 g/mol. The molecule has 0 aliphatic rings. The summed E-state index contributed by atoms with van der Waals surface area (Å²) in [5.74, 6) is -2.34. The van der Waals surface area contributed by atoms with Crippen LogP contribution in [0.25, 0.3) is 11.0 Å². The van der Waals surface area contributed by atoms with Crippen LogP contribution < -0.4 is 24.4 Å². The van der Waals surface area contributed by atoms with Crippen LogP contribution in [0.3, 0.4) is 0 Å². The van der Waals surface area contributed by atoms with E-state index in [0.717, 1.165) is 6.07 Å². The van der Waals surface area contributed by atoms with Crippen molar-refractivity contribution in [1.82, 2.24) is 0 Å². The Hall–Kier alpha value is -4.01. The molecule has 0 atom stereocenters. The van der Waals surface area contributed by atoms with E-state index in [1.807, 2.05) is 0 Å². The number of ether oxygens (including phenoxy) is 4. The molecule has 1 heterocycles. The zero-order chi connectivity index (χ0) is 24.3. The molecule has 3 aromatic rings. The average molecular weight is 456 g/mol. The number of benzene rings is 2. The molecule has 1 aromatic heterocycles. The molecule has 0 aliphatic carbocycles. The van der Waals surface area contributed by atoms with Crippen LogP contribution in [0.5, 0.6) is 34.7 Å². The number of rotatable bonds is 7. The highest BCUT2D eigenvalue weighted by Gasteiger charge is 2.26. The topological polar surface area (TPSA) is 122 Å². The van der Waals surface area contributed by atoms with Crippen molar-refractivity contribution in [1.29, 1.82) is 0 Å². The number of hydrogen-bond acceptors (Lipinski definition) is 9.